The number of carbonyl (C=O) groups is 1. The van der Waals surface area contributed by atoms with Gasteiger partial charge >= 0.3 is 0 Å². The second-order valence-electron chi connectivity index (χ2n) is 4.29. The first-order chi connectivity index (χ1) is 8.52. The molecule has 1 rings (SSSR count). The highest BCUT2D eigenvalue weighted by atomic mass is 35.5. The minimum Gasteiger partial charge on any atom is -0.489 e. The highest BCUT2D eigenvalue weighted by Gasteiger charge is 2.11. The van der Waals surface area contributed by atoms with Crippen molar-refractivity contribution in [1.29, 1.82) is 0 Å². The van der Waals surface area contributed by atoms with Crippen molar-refractivity contribution < 1.29 is 9.53 Å². The van der Waals surface area contributed by atoms with Gasteiger partial charge in [0.15, 0.2) is 0 Å². The van der Waals surface area contributed by atoms with E-state index in [-0.39, 0.29) is 12.0 Å². The van der Waals surface area contributed by atoms with Crippen LogP contribution in [0.1, 0.15) is 26.3 Å². The Kier molecular flexibility index (Phi) is 5.99. The minimum atomic E-state index is -0.513. The van der Waals surface area contributed by atoms with Crippen LogP contribution in [0, 0.1) is 0 Å². The molecule has 0 saturated carbocycles. The van der Waals surface area contributed by atoms with Gasteiger partial charge in [-0.15, -0.1) is 11.6 Å². The Balaban J connectivity index is 2.44. The number of ether oxygens (including phenoxy) is 1. The van der Waals surface area contributed by atoms with Crippen LogP contribution in [0.3, 0.4) is 0 Å². The maximum absolute atomic E-state index is 11.3. The van der Waals surface area contributed by atoms with Crippen LogP contribution in [0.5, 0.6) is 5.75 Å². The number of carbonyl (C=O) groups excluding carboxylic acids is 1. The Hall–Kier alpha value is -1.22. The van der Waals surface area contributed by atoms with Crippen molar-refractivity contribution in [3.05, 3.63) is 29.8 Å². The molecule has 1 aromatic carbocycles. The largest absolute Gasteiger partial charge is 0.489 e. The molecule has 1 amide bonds. The summed E-state index contributed by atoms with van der Waals surface area (Å²) in [6, 6.07) is 7.97. The zero-order valence-corrected chi connectivity index (χ0v) is 11.8. The van der Waals surface area contributed by atoms with Gasteiger partial charge < -0.3 is 10.1 Å². The molecular formula is C14H20ClNO2. The average Bonchev–Trinajstić information content (AvgIpc) is 2.36. The summed E-state index contributed by atoms with van der Waals surface area (Å²) in [5.74, 6) is 0.657. The van der Waals surface area contributed by atoms with E-state index < -0.39 is 5.38 Å². The van der Waals surface area contributed by atoms with Crippen LogP contribution in [0.25, 0.3) is 0 Å². The Morgan fingerprint density at radius 2 is 2.17 bits per heavy atom. The van der Waals surface area contributed by atoms with Crippen molar-refractivity contribution in [3.8, 4) is 5.75 Å². The summed E-state index contributed by atoms with van der Waals surface area (Å²) < 4.78 is 5.73. The first kappa shape index (κ1) is 14.8. The van der Waals surface area contributed by atoms with E-state index in [0.717, 1.165) is 12.2 Å². The van der Waals surface area contributed by atoms with Gasteiger partial charge in [-0.3, -0.25) is 4.79 Å². The minimum absolute atomic E-state index is 0.0866. The molecule has 0 fully saturated rings. The summed E-state index contributed by atoms with van der Waals surface area (Å²) in [7, 11) is 0. The molecule has 0 bridgehead atoms. The SMILES string of the molecule is CCc1cccc(OC(C)CNC(=O)C(C)Cl)c1. The van der Waals surface area contributed by atoms with Crippen LogP contribution >= 0.6 is 11.6 Å². The lowest BCUT2D eigenvalue weighted by atomic mass is 10.2. The van der Waals surface area contributed by atoms with Crippen molar-refractivity contribution in [3.63, 3.8) is 0 Å². The second-order valence-corrected chi connectivity index (χ2v) is 4.95. The highest BCUT2D eigenvalue weighted by molar-refractivity contribution is 6.30. The smallest absolute Gasteiger partial charge is 0.237 e. The van der Waals surface area contributed by atoms with Crippen LogP contribution in [0.15, 0.2) is 24.3 Å². The zero-order valence-electron chi connectivity index (χ0n) is 11.1. The normalized spacial score (nSPS) is 13.8. The monoisotopic (exact) mass is 269 g/mol. The van der Waals surface area contributed by atoms with Crippen molar-refractivity contribution in [1.82, 2.24) is 5.32 Å². The molecule has 0 aliphatic carbocycles. The Labute approximate surface area is 113 Å². The molecule has 3 nitrogen and oxygen atoms in total. The number of hydrogen-bond acceptors (Lipinski definition) is 2. The second kappa shape index (κ2) is 7.27. The lowest BCUT2D eigenvalue weighted by Gasteiger charge is -2.16. The Bertz CT molecular complexity index is 393. The van der Waals surface area contributed by atoms with E-state index in [4.69, 9.17) is 16.3 Å². The third kappa shape index (κ3) is 4.96. The molecule has 0 aliphatic heterocycles. The van der Waals surface area contributed by atoms with E-state index >= 15 is 0 Å². The van der Waals surface area contributed by atoms with Gasteiger partial charge in [-0.1, -0.05) is 19.1 Å². The van der Waals surface area contributed by atoms with E-state index in [1.165, 1.54) is 5.56 Å². The van der Waals surface area contributed by atoms with E-state index in [2.05, 4.69) is 18.3 Å². The predicted octanol–water partition coefficient (Wildman–Crippen LogP) is 2.76. The van der Waals surface area contributed by atoms with Gasteiger partial charge in [-0.2, -0.15) is 0 Å². The lowest BCUT2D eigenvalue weighted by molar-refractivity contribution is -0.120. The maximum Gasteiger partial charge on any atom is 0.237 e. The summed E-state index contributed by atoms with van der Waals surface area (Å²) >= 11 is 5.66. The summed E-state index contributed by atoms with van der Waals surface area (Å²) in [4.78, 5) is 11.3. The molecule has 0 aromatic heterocycles. The zero-order chi connectivity index (χ0) is 13.5. The predicted molar refractivity (Wildman–Crippen MR) is 74.2 cm³/mol. The molecule has 4 heteroatoms. The molecular weight excluding hydrogens is 250 g/mol. The standard InChI is InChI=1S/C14H20ClNO2/c1-4-12-6-5-7-13(8-12)18-10(2)9-16-14(17)11(3)15/h5-8,10-11H,4,9H2,1-3H3,(H,16,17). The van der Waals surface area contributed by atoms with Crippen LogP contribution in [-0.4, -0.2) is 23.9 Å². The topological polar surface area (TPSA) is 38.3 Å². The molecule has 0 aliphatic rings. The molecule has 2 unspecified atom stereocenters. The fraction of sp³-hybridized carbons (Fsp3) is 0.500. The van der Waals surface area contributed by atoms with Gasteiger partial charge in [-0.05, 0) is 38.0 Å². The number of benzene rings is 1. The Morgan fingerprint density at radius 1 is 1.44 bits per heavy atom. The van der Waals surface area contributed by atoms with Gasteiger partial charge in [0.1, 0.15) is 17.2 Å². The van der Waals surface area contributed by atoms with Crippen molar-refractivity contribution in [2.45, 2.75) is 38.7 Å². The molecule has 1 N–H and O–H groups in total. The van der Waals surface area contributed by atoms with Crippen LogP contribution in [0.4, 0.5) is 0 Å². The average molecular weight is 270 g/mol. The summed E-state index contributed by atoms with van der Waals surface area (Å²) in [5, 5.41) is 2.22. The maximum atomic E-state index is 11.3. The highest BCUT2D eigenvalue weighted by Crippen LogP contribution is 2.15. The number of nitrogens with one attached hydrogen (secondary N) is 1. The van der Waals surface area contributed by atoms with Crippen molar-refractivity contribution in [2.24, 2.45) is 0 Å². The number of amides is 1. The number of alkyl halides is 1. The molecule has 0 heterocycles. The van der Waals surface area contributed by atoms with Gasteiger partial charge in [-0.25, -0.2) is 0 Å². The lowest BCUT2D eigenvalue weighted by Crippen LogP contribution is -2.36. The van der Waals surface area contributed by atoms with Gasteiger partial charge in [0, 0.05) is 0 Å². The number of rotatable bonds is 6. The Morgan fingerprint density at radius 3 is 2.78 bits per heavy atom. The van der Waals surface area contributed by atoms with Gasteiger partial charge in [0.05, 0.1) is 6.54 Å². The van der Waals surface area contributed by atoms with Crippen molar-refractivity contribution >= 4 is 17.5 Å². The van der Waals surface area contributed by atoms with E-state index in [0.29, 0.717) is 6.54 Å². The van der Waals surface area contributed by atoms with Crippen molar-refractivity contribution in [2.75, 3.05) is 6.54 Å². The van der Waals surface area contributed by atoms with E-state index in [9.17, 15) is 4.79 Å². The summed E-state index contributed by atoms with van der Waals surface area (Å²) in [5.41, 5.74) is 1.23. The number of hydrogen-bond donors (Lipinski definition) is 1. The van der Waals surface area contributed by atoms with Crippen LogP contribution < -0.4 is 10.1 Å². The summed E-state index contributed by atoms with van der Waals surface area (Å²) in [6.45, 7) is 6.11. The molecule has 0 spiro atoms. The van der Waals surface area contributed by atoms with E-state index in [1.807, 2.05) is 25.1 Å². The quantitative estimate of drug-likeness (QED) is 0.807. The molecule has 0 radical (unpaired) electrons. The first-order valence-electron chi connectivity index (χ1n) is 6.20. The summed E-state index contributed by atoms with van der Waals surface area (Å²) in [6.07, 6.45) is 0.892. The molecule has 1 aromatic rings. The van der Waals surface area contributed by atoms with Crippen LogP contribution in [0.2, 0.25) is 0 Å². The number of aryl methyl sites for hydroxylation is 1. The van der Waals surface area contributed by atoms with Gasteiger partial charge in [0.25, 0.3) is 0 Å². The third-order valence-corrected chi connectivity index (χ3v) is 2.77. The third-order valence-electron chi connectivity index (χ3n) is 2.57. The molecule has 0 saturated heterocycles. The fourth-order valence-corrected chi connectivity index (χ4v) is 1.57. The molecule has 100 valence electrons. The molecule has 2 atom stereocenters. The first-order valence-corrected chi connectivity index (χ1v) is 6.64. The fourth-order valence-electron chi connectivity index (χ4n) is 1.50. The van der Waals surface area contributed by atoms with Gasteiger partial charge in [0.2, 0.25) is 5.91 Å². The van der Waals surface area contributed by atoms with E-state index in [1.54, 1.807) is 6.92 Å². The molecule has 18 heavy (non-hydrogen) atoms. The number of halogens is 1. The van der Waals surface area contributed by atoms with Crippen LogP contribution in [-0.2, 0) is 11.2 Å².